The van der Waals surface area contributed by atoms with Gasteiger partial charge >= 0.3 is 11.9 Å². The molecule has 3 aromatic carbocycles. The van der Waals surface area contributed by atoms with Crippen LogP contribution in [0.25, 0.3) is 22.0 Å². The van der Waals surface area contributed by atoms with Gasteiger partial charge in [-0.15, -0.1) is 0 Å². The monoisotopic (exact) mass is 560 g/mol. The Labute approximate surface area is 238 Å². The number of anilines is 1. The fourth-order valence-electron chi connectivity index (χ4n) is 4.19. The average Bonchev–Trinajstić information content (AvgIpc) is 2.95. The molecule has 1 N–H and O–H groups in total. The molecule has 0 spiro atoms. The van der Waals surface area contributed by atoms with E-state index in [-0.39, 0.29) is 35.8 Å². The van der Waals surface area contributed by atoms with Crippen LogP contribution in [0.2, 0.25) is 0 Å². The van der Waals surface area contributed by atoms with Crippen molar-refractivity contribution in [2.24, 2.45) is 5.41 Å². The van der Waals surface area contributed by atoms with Crippen LogP contribution in [-0.2, 0) is 16.1 Å². The highest BCUT2D eigenvalue weighted by Crippen LogP contribution is 2.37. The van der Waals surface area contributed by atoms with Gasteiger partial charge in [-0.05, 0) is 62.7 Å². The number of carbonyl (C=O) groups is 2. The molecule has 0 amide bonds. The minimum Gasteiger partial charge on any atom is -0.497 e. The Kier molecular flexibility index (Phi) is 8.76. The first-order valence-electron chi connectivity index (χ1n) is 13.1. The zero-order valence-electron chi connectivity index (χ0n) is 24.0. The van der Waals surface area contributed by atoms with Crippen molar-refractivity contribution in [3.63, 3.8) is 0 Å². The van der Waals surface area contributed by atoms with Crippen LogP contribution >= 0.6 is 0 Å². The van der Waals surface area contributed by atoms with E-state index in [0.717, 1.165) is 5.39 Å². The maximum Gasteiger partial charge on any atom is 0.341 e. The van der Waals surface area contributed by atoms with Crippen LogP contribution in [0, 0.1) is 11.2 Å². The standard InChI is InChI=1S/C32H33FN2O6/c1-7-40-30(36)25-18-35-28(27(33)29(25)34-17-20-12-13-21(38-5)16-26(20)39-6)24-15-22(41-31(37)32(2,3)4)14-19-10-8-9-11-23(19)24/h8-16,18H,7,17H2,1-6H3,(H,34,35). The van der Waals surface area contributed by atoms with Crippen molar-refractivity contribution in [3.8, 4) is 28.5 Å². The van der Waals surface area contributed by atoms with Crippen LogP contribution in [0.5, 0.6) is 17.2 Å². The summed E-state index contributed by atoms with van der Waals surface area (Å²) in [4.78, 5) is 29.8. The number of rotatable bonds is 9. The highest BCUT2D eigenvalue weighted by molar-refractivity contribution is 6.00. The van der Waals surface area contributed by atoms with Gasteiger partial charge in [-0.1, -0.05) is 24.3 Å². The van der Waals surface area contributed by atoms with Gasteiger partial charge in [0.05, 0.1) is 31.9 Å². The first-order valence-corrected chi connectivity index (χ1v) is 13.1. The number of benzene rings is 3. The summed E-state index contributed by atoms with van der Waals surface area (Å²) in [6.07, 6.45) is 1.28. The largest absolute Gasteiger partial charge is 0.497 e. The van der Waals surface area contributed by atoms with Crippen molar-refractivity contribution in [2.75, 3.05) is 26.1 Å². The van der Waals surface area contributed by atoms with E-state index >= 15 is 4.39 Å². The van der Waals surface area contributed by atoms with Crippen LogP contribution in [0.4, 0.5) is 10.1 Å². The summed E-state index contributed by atoms with van der Waals surface area (Å²) in [6, 6.07) is 15.9. The third-order valence-electron chi connectivity index (χ3n) is 6.38. The van der Waals surface area contributed by atoms with Gasteiger partial charge in [0.1, 0.15) is 28.5 Å². The molecule has 0 aliphatic carbocycles. The third-order valence-corrected chi connectivity index (χ3v) is 6.38. The number of pyridine rings is 1. The molecule has 0 atom stereocenters. The first-order chi connectivity index (χ1) is 19.6. The second-order valence-electron chi connectivity index (χ2n) is 10.3. The highest BCUT2D eigenvalue weighted by Gasteiger charge is 2.26. The highest BCUT2D eigenvalue weighted by atomic mass is 19.1. The van der Waals surface area contributed by atoms with Crippen molar-refractivity contribution in [3.05, 3.63) is 77.7 Å². The smallest absolute Gasteiger partial charge is 0.341 e. The van der Waals surface area contributed by atoms with Gasteiger partial charge in [0, 0.05) is 29.9 Å². The van der Waals surface area contributed by atoms with Gasteiger partial charge in [0.25, 0.3) is 0 Å². The lowest BCUT2D eigenvalue weighted by molar-refractivity contribution is -0.142. The molecule has 41 heavy (non-hydrogen) atoms. The number of hydrogen-bond donors (Lipinski definition) is 1. The third kappa shape index (κ3) is 6.40. The number of aromatic nitrogens is 1. The lowest BCUT2D eigenvalue weighted by atomic mass is 9.97. The second-order valence-corrected chi connectivity index (χ2v) is 10.3. The number of carbonyl (C=O) groups excluding carboxylic acids is 2. The van der Waals surface area contributed by atoms with E-state index in [2.05, 4.69) is 10.3 Å². The molecular weight excluding hydrogens is 527 g/mol. The van der Waals surface area contributed by atoms with E-state index < -0.39 is 23.2 Å². The summed E-state index contributed by atoms with van der Waals surface area (Å²) < 4.78 is 38.0. The molecule has 0 bridgehead atoms. The van der Waals surface area contributed by atoms with Crippen LogP contribution in [0.3, 0.4) is 0 Å². The first kappa shape index (κ1) is 29.3. The second kappa shape index (κ2) is 12.2. The Bertz CT molecular complexity index is 1600. The van der Waals surface area contributed by atoms with Crippen molar-refractivity contribution >= 4 is 28.4 Å². The van der Waals surface area contributed by atoms with E-state index in [1.54, 1.807) is 65.1 Å². The van der Waals surface area contributed by atoms with E-state index in [1.165, 1.54) is 13.3 Å². The SMILES string of the molecule is CCOC(=O)c1cnc(-c2cc(OC(=O)C(C)(C)C)cc3ccccc23)c(F)c1NCc1ccc(OC)cc1OC. The fraction of sp³-hybridized carbons (Fsp3) is 0.281. The molecule has 214 valence electrons. The number of esters is 2. The van der Waals surface area contributed by atoms with Crippen molar-refractivity contribution in [1.29, 1.82) is 0 Å². The van der Waals surface area contributed by atoms with Crippen LogP contribution in [0.15, 0.2) is 60.8 Å². The molecule has 9 heteroatoms. The van der Waals surface area contributed by atoms with Crippen LogP contribution < -0.4 is 19.5 Å². The van der Waals surface area contributed by atoms with E-state index in [1.807, 2.05) is 24.3 Å². The summed E-state index contributed by atoms with van der Waals surface area (Å²) >= 11 is 0. The number of ether oxygens (including phenoxy) is 4. The summed E-state index contributed by atoms with van der Waals surface area (Å²) in [5.74, 6) is -0.509. The van der Waals surface area contributed by atoms with E-state index in [4.69, 9.17) is 18.9 Å². The molecule has 0 radical (unpaired) electrons. The number of nitrogens with one attached hydrogen (secondary N) is 1. The fourth-order valence-corrected chi connectivity index (χ4v) is 4.19. The zero-order chi connectivity index (χ0) is 29.7. The lowest BCUT2D eigenvalue weighted by Crippen LogP contribution is -2.25. The molecule has 4 aromatic rings. The summed E-state index contributed by atoms with van der Waals surface area (Å²) in [6.45, 7) is 7.17. The normalized spacial score (nSPS) is 11.2. The Hall–Kier alpha value is -4.66. The molecule has 8 nitrogen and oxygen atoms in total. The summed E-state index contributed by atoms with van der Waals surface area (Å²) in [5.41, 5.74) is 0.218. The number of nitrogens with zero attached hydrogens (tertiary/aromatic N) is 1. The number of hydrogen-bond acceptors (Lipinski definition) is 8. The van der Waals surface area contributed by atoms with Crippen molar-refractivity contribution < 1.29 is 32.9 Å². The van der Waals surface area contributed by atoms with Gasteiger partial charge in [-0.25, -0.2) is 9.18 Å². The molecule has 4 rings (SSSR count). The molecule has 0 aliphatic heterocycles. The molecule has 0 unspecified atom stereocenters. The summed E-state index contributed by atoms with van der Waals surface area (Å²) in [7, 11) is 3.08. The Morgan fingerprint density at radius 2 is 1.73 bits per heavy atom. The maximum atomic E-state index is 16.4. The van der Waals surface area contributed by atoms with Crippen molar-refractivity contribution in [1.82, 2.24) is 4.98 Å². The quantitative estimate of drug-likeness (QED) is 0.176. The van der Waals surface area contributed by atoms with E-state index in [0.29, 0.717) is 28.0 Å². The summed E-state index contributed by atoms with van der Waals surface area (Å²) in [5, 5.41) is 4.48. The molecule has 0 saturated heterocycles. The molecule has 1 heterocycles. The minimum atomic E-state index is -0.757. The Morgan fingerprint density at radius 1 is 0.976 bits per heavy atom. The Morgan fingerprint density at radius 3 is 2.41 bits per heavy atom. The molecular formula is C32H33FN2O6. The molecule has 0 fully saturated rings. The minimum absolute atomic E-state index is 0.0212. The molecule has 1 aromatic heterocycles. The van der Waals surface area contributed by atoms with Gasteiger partial charge < -0.3 is 24.3 Å². The van der Waals surface area contributed by atoms with E-state index in [9.17, 15) is 9.59 Å². The molecule has 0 aliphatic rings. The predicted octanol–water partition coefficient (Wildman–Crippen LogP) is 6.80. The van der Waals surface area contributed by atoms with Gasteiger partial charge in [-0.3, -0.25) is 9.78 Å². The van der Waals surface area contributed by atoms with Gasteiger partial charge in [0.15, 0.2) is 5.82 Å². The number of fused-ring (bicyclic) bond motifs is 1. The molecule has 0 saturated carbocycles. The Balaban J connectivity index is 1.84. The van der Waals surface area contributed by atoms with Gasteiger partial charge in [0.2, 0.25) is 0 Å². The number of halogens is 1. The maximum absolute atomic E-state index is 16.4. The lowest BCUT2D eigenvalue weighted by Gasteiger charge is -2.19. The van der Waals surface area contributed by atoms with Crippen LogP contribution in [0.1, 0.15) is 43.6 Å². The zero-order valence-corrected chi connectivity index (χ0v) is 24.0. The number of methoxy groups -OCH3 is 2. The van der Waals surface area contributed by atoms with Crippen molar-refractivity contribution in [2.45, 2.75) is 34.2 Å². The average molecular weight is 561 g/mol. The predicted molar refractivity (Wildman–Crippen MR) is 155 cm³/mol. The topological polar surface area (TPSA) is 96.0 Å². The van der Waals surface area contributed by atoms with Gasteiger partial charge in [-0.2, -0.15) is 0 Å². The van der Waals surface area contributed by atoms with Crippen LogP contribution in [-0.4, -0.2) is 37.7 Å².